The number of carbonyl (C=O) groups is 2. The third-order valence-corrected chi connectivity index (χ3v) is 10.8. The van der Waals surface area contributed by atoms with Crippen molar-refractivity contribution in [2.24, 2.45) is 5.41 Å². The zero-order valence-electron chi connectivity index (χ0n) is 29.6. The minimum absolute atomic E-state index is 0.0394. The minimum atomic E-state index is -1.29. The number of pyridine rings is 1. The Morgan fingerprint density at radius 2 is 1.83 bits per heavy atom. The van der Waals surface area contributed by atoms with Gasteiger partial charge in [0.05, 0.1) is 17.1 Å². The summed E-state index contributed by atoms with van der Waals surface area (Å²) in [6.45, 7) is 17.7. The molecule has 12 heteroatoms. The SMILES string of the molecule is Cc1cc(-c2cn(COCC[Si](C)(C)C)c(C(=O)Nc3cccc(F)c3N3CCC4(CCCN(C(=O)OC(C)(C)C)C4)CC3)n2)ccn1. The van der Waals surface area contributed by atoms with Crippen LogP contribution >= 0.6 is 0 Å². The predicted octanol–water partition coefficient (Wildman–Crippen LogP) is 7.57. The Morgan fingerprint density at radius 3 is 2.52 bits per heavy atom. The van der Waals surface area contributed by atoms with Crippen LogP contribution in [0, 0.1) is 18.2 Å². The van der Waals surface area contributed by atoms with E-state index in [2.05, 4.69) is 29.9 Å². The number of imidazole rings is 1. The number of nitrogens with one attached hydrogen (secondary N) is 1. The van der Waals surface area contributed by atoms with Crippen molar-refractivity contribution in [3.63, 3.8) is 0 Å². The zero-order valence-corrected chi connectivity index (χ0v) is 30.6. The van der Waals surface area contributed by atoms with E-state index in [0.29, 0.717) is 49.9 Å². The number of halogens is 1. The maximum absolute atomic E-state index is 15.6. The molecule has 3 aromatic rings. The van der Waals surface area contributed by atoms with E-state index in [1.807, 2.05) is 55.8 Å². The van der Waals surface area contributed by atoms with E-state index in [4.69, 9.17) is 14.5 Å². The van der Waals surface area contributed by atoms with E-state index >= 15 is 4.39 Å². The van der Waals surface area contributed by atoms with Gasteiger partial charge in [0.25, 0.3) is 5.91 Å². The molecule has 48 heavy (non-hydrogen) atoms. The number of anilines is 2. The highest BCUT2D eigenvalue weighted by Gasteiger charge is 2.41. The molecular formula is C36H51FN6O4Si. The van der Waals surface area contributed by atoms with Crippen LogP contribution in [-0.2, 0) is 16.2 Å². The lowest BCUT2D eigenvalue weighted by molar-refractivity contribution is -0.000536. The Balaban J connectivity index is 1.32. The fraction of sp³-hybridized carbons (Fsp3) is 0.556. The monoisotopic (exact) mass is 678 g/mol. The molecule has 5 rings (SSSR count). The van der Waals surface area contributed by atoms with Crippen molar-refractivity contribution in [2.75, 3.05) is 43.0 Å². The van der Waals surface area contributed by atoms with Gasteiger partial charge in [-0.25, -0.2) is 14.2 Å². The van der Waals surface area contributed by atoms with Crippen molar-refractivity contribution >= 4 is 31.4 Å². The van der Waals surface area contributed by atoms with Crippen molar-refractivity contribution in [3.05, 3.63) is 60.1 Å². The number of aryl methyl sites for hydroxylation is 1. The lowest BCUT2D eigenvalue weighted by atomic mass is 9.72. The maximum Gasteiger partial charge on any atom is 0.410 e. The molecule has 4 heterocycles. The fourth-order valence-electron chi connectivity index (χ4n) is 6.50. The number of hydrogen-bond acceptors (Lipinski definition) is 7. The van der Waals surface area contributed by atoms with E-state index in [0.717, 1.165) is 43.0 Å². The van der Waals surface area contributed by atoms with Gasteiger partial charge >= 0.3 is 6.09 Å². The van der Waals surface area contributed by atoms with Gasteiger partial charge in [0.2, 0.25) is 5.82 Å². The maximum atomic E-state index is 15.6. The molecule has 0 aliphatic carbocycles. The highest BCUT2D eigenvalue weighted by atomic mass is 28.3. The summed E-state index contributed by atoms with van der Waals surface area (Å²) in [7, 11) is -1.29. The summed E-state index contributed by atoms with van der Waals surface area (Å²) < 4.78 is 29.0. The number of para-hydroxylation sites is 1. The molecule has 2 saturated heterocycles. The van der Waals surface area contributed by atoms with Crippen molar-refractivity contribution in [2.45, 2.75) is 91.4 Å². The van der Waals surface area contributed by atoms with Gasteiger partial charge in [-0.3, -0.25) is 9.78 Å². The first-order valence-electron chi connectivity index (χ1n) is 17.0. The molecule has 0 bridgehead atoms. The van der Waals surface area contributed by atoms with Crippen LogP contribution in [0.2, 0.25) is 25.7 Å². The minimum Gasteiger partial charge on any atom is -0.444 e. The number of piperidine rings is 2. The van der Waals surface area contributed by atoms with Crippen LogP contribution < -0.4 is 10.2 Å². The van der Waals surface area contributed by atoms with Gasteiger partial charge in [-0.1, -0.05) is 25.7 Å². The number of nitrogens with zero attached hydrogens (tertiary/aromatic N) is 5. The van der Waals surface area contributed by atoms with Crippen LogP contribution in [0.1, 0.15) is 62.8 Å². The molecule has 2 aliphatic heterocycles. The Hall–Kier alpha value is -3.77. The highest BCUT2D eigenvalue weighted by molar-refractivity contribution is 6.76. The molecule has 1 aromatic carbocycles. The summed E-state index contributed by atoms with van der Waals surface area (Å²) in [5.74, 6) is -0.653. The zero-order chi connectivity index (χ0) is 34.7. The normalized spacial score (nSPS) is 16.7. The topological polar surface area (TPSA) is 102 Å². The molecule has 0 radical (unpaired) electrons. The van der Waals surface area contributed by atoms with E-state index < -0.39 is 25.4 Å². The summed E-state index contributed by atoms with van der Waals surface area (Å²) in [4.78, 5) is 39.6. The molecule has 1 spiro atoms. The quantitative estimate of drug-likeness (QED) is 0.184. The molecule has 260 valence electrons. The van der Waals surface area contributed by atoms with Crippen molar-refractivity contribution in [3.8, 4) is 11.3 Å². The van der Waals surface area contributed by atoms with E-state index in [1.165, 1.54) is 6.07 Å². The predicted molar refractivity (Wildman–Crippen MR) is 190 cm³/mol. The van der Waals surface area contributed by atoms with Crippen LogP contribution in [0.4, 0.5) is 20.6 Å². The molecule has 1 N–H and O–H groups in total. The lowest BCUT2D eigenvalue weighted by Crippen LogP contribution is -2.52. The molecule has 0 saturated carbocycles. The van der Waals surface area contributed by atoms with E-state index in [9.17, 15) is 9.59 Å². The van der Waals surface area contributed by atoms with Gasteiger partial charge in [-0.05, 0) is 89.1 Å². The first kappa shape index (κ1) is 35.5. The third-order valence-electron chi connectivity index (χ3n) is 9.09. The molecule has 10 nitrogen and oxygen atoms in total. The molecule has 0 unspecified atom stereocenters. The number of rotatable bonds is 9. The summed E-state index contributed by atoms with van der Waals surface area (Å²) in [6, 6.07) is 9.56. The Labute approximate surface area is 285 Å². The van der Waals surface area contributed by atoms with Crippen LogP contribution in [0.25, 0.3) is 11.3 Å². The van der Waals surface area contributed by atoms with Gasteiger partial charge in [0, 0.05) is 64.5 Å². The number of amides is 2. The van der Waals surface area contributed by atoms with Gasteiger partial charge in [-0.15, -0.1) is 0 Å². The van der Waals surface area contributed by atoms with Crippen LogP contribution in [0.15, 0.2) is 42.7 Å². The number of likely N-dealkylation sites (tertiary alicyclic amines) is 1. The molecule has 2 aromatic heterocycles. The van der Waals surface area contributed by atoms with Crippen LogP contribution in [-0.4, -0.2) is 77.9 Å². The molecule has 2 amide bonds. The van der Waals surface area contributed by atoms with E-state index in [1.54, 1.807) is 22.9 Å². The van der Waals surface area contributed by atoms with Crippen LogP contribution in [0.5, 0.6) is 0 Å². The Morgan fingerprint density at radius 1 is 1.08 bits per heavy atom. The first-order chi connectivity index (χ1) is 22.6. The fourth-order valence-corrected chi connectivity index (χ4v) is 7.26. The Kier molecular flexibility index (Phi) is 10.6. The van der Waals surface area contributed by atoms with Gasteiger partial charge < -0.3 is 29.2 Å². The number of carbonyl (C=O) groups excluding carboxylic acids is 2. The van der Waals surface area contributed by atoms with Crippen molar-refractivity contribution in [1.82, 2.24) is 19.4 Å². The van der Waals surface area contributed by atoms with Gasteiger partial charge in [0.15, 0.2) is 0 Å². The van der Waals surface area contributed by atoms with Crippen molar-refractivity contribution < 1.29 is 23.5 Å². The van der Waals surface area contributed by atoms with Gasteiger partial charge in [0.1, 0.15) is 18.1 Å². The summed E-state index contributed by atoms with van der Waals surface area (Å²) >= 11 is 0. The van der Waals surface area contributed by atoms with E-state index in [-0.39, 0.29) is 24.1 Å². The van der Waals surface area contributed by atoms with Gasteiger partial charge in [-0.2, -0.15) is 0 Å². The number of benzene rings is 1. The van der Waals surface area contributed by atoms with Crippen molar-refractivity contribution in [1.29, 1.82) is 0 Å². The highest BCUT2D eigenvalue weighted by Crippen LogP contribution is 2.43. The molecular weight excluding hydrogens is 628 g/mol. The molecule has 2 fully saturated rings. The van der Waals surface area contributed by atoms with Crippen LogP contribution in [0.3, 0.4) is 0 Å². The summed E-state index contributed by atoms with van der Waals surface area (Å²) in [5, 5.41) is 2.98. The summed E-state index contributed by atoms with van der Waals surface area (Å²) in [5.41, 5.74) is 2.50. The molecule has 2 aliphatic rings. The Bertz CT molecular complexity index is 1610. The second-order valence-electron chi connectivity index (χ2n) is 15.5. The summed E-state index contributed by atoms with van der Waals surface area (Å²) in [6.07, 6.45) is 6.81. The standard InChI is InChI=1S/C36H51FN6O4Si/c1-26-22-27(12-16-38-26)30-23-43(25-46-20-21-48(5,6)7)32(39-30)33(44)40-29-11-8-10-28(37)31(29)41-18-14-36(15-19-41)13-9-17-42(24-36)34(45)47-35(2,3)4/h8,10-12,16,22-23H,9,13-15,17-21,24-25H2,1-7H3,(H,40,44). The smallest absolute Gasteiger partial charge is 0.410 e. The first-order valence-corrected chi connectivity index (χ1v) is 20.7. The molecule has 0 atom stereocenters. The average Bonchev–Trinajstić information content (AvgIpc) is 3.44. The number of ether oxygens (including phenoxy) is 2. The average molecular weight is 679 g/mol. The second kappa shape index (κ2) is 14.4. The largest absolute Gasteiger partial charge is 0.444 e. The lowest BCUT2D eigenvalue weighted by Gasteiger charge is -2.48. The number of hydrogen-bond donors (Lipinski definition) is 1. The number of aromatic nitrogens is 3. The third kappa shape index (κ3) is 9.01. The second-order valence-corrected chi connectivity index (χ2v) is 21.2.